The van der Waals surface area contributed by atoms with Crippen molar-refractivity contribution in [3.63, 3.8) is 0 Å². The standard InChI is InChI=1S/C38H66FN7O2/c1-6-8-10-13-22-45-24-17-31(46-23-14-15-28(26-46)36(48)44(4)5)30(27-45)43-35(47)32(34(40)41)33-38(19-11-12-20-38)37(3,18-9-7-2)21-16-29(39)25-42-33/h25,28,32-33,42H,6-24,26-27H2,1-5H3,(H3,40,41)(H,43,47)/b29-25+. The zero-order chi connectivity index (χ0) is 34.9. The first-order valence-electron chi connectivity index (χ1n) is 19.1. The summed E-state index contributed by atoms with van der Waals surface area (Å²) < 4.78 is 15.1. The van der Waals surface area contributed by atoms with Crippen LogP contribution in [0.25, 0.3) is 0 Å². The minimum absolute atomic E-state index is 0.0703. The molecule has 1 aliphatic carbocycles. The number of amides is 2. The Hall–Kier alpha value is -2.62. The highest BCUT2D eigenvalue weighted by molar-refractivity contribution is 6.02. The molecule has 2 amide bonds. The van der Waals surface area contributed by atoms with Crippen LogP contribution in [0.4, 0.5) is 4.39 Å². The summed E-state index contributed by atoms with van der Waals surface area (Å²) in [7, 11) is 3.64. The Balaban J connectivity index is 1.69. The van der Waals surface area contributed by atoms with Crippen LogP contribution in [0.2, 0.25) is 0 Å². The summed E-state index contributed by atoms with van der Waals surface area (Å²) in [4.78, 5) is 34.1. The van der Waals surface area contributed by atoms with Crippen LogP contribution in [-0.4, -0.2) is 85.2 Å². The number of carbonyl (C=O) groups is 2. The van der Waals surface area contributed by atoms with Crippen molar-refractivity contribution in [3.8, 4) is 0 Å². The zero-order valence-corrected chi connectivity index (χ0v) is 30.8. The second-order valence-electron chi connectivity index (χ2n) is 15.7. The molecule has 4 rings (SSSR count). The van der Waals surface area contributed by atoms with Crippen molar-refractivity contribution in [2.45, 2.75) is 130 Å². The summed E-state index contributed by atoms with van der Waals surface area (Å²) in [5.74, 6) is -1.52. The minimum Gasteiger partial charge on any atom is -0.387 e. The first-order chi connectivity index (χ1) is 23.0. The number of halogens is 1. The lowest BCUT2D eigenvalue weighted by molar-refractivity contribution is -0.134. The number of carbonyl (C=O) groups excluding carboxylic acids is 2. The highest BCUT2D eigenvalue weighted by atomic mass is 19.1. The van der Waals surface area contributed by atoms with Gasteiger partial charge in [-0.3, -0.25) is 19.9 Å². The van der Waals surface area contributed by atoms with E-state index < -0.39 is 12.0 Å². The van der Waals surface area contributed by atoms with Gasteiger partial charge in [0.15, 0.2) is 0 Å². The zero-order valence-electron chi connectivity index (χ0n) is 30.8. The molecule has 3 heterocycles. The van der Waals surface area contributed by atoms with E-state index in [9.17, 15) is 9.59 Å². The molecular formula is C38H66FN7O2. The molecule has 9 nitrogen and oxygen atoms in total. The smallest absolute Gasteiger partial charge is 0.237 e. The quantitative estimate of drug-likeness (QED) is 0.0983. The summed E-state index contributed by atoms with van der Waals surface area (Å²) >= 11 is 0. The van der Waals surface area contributed by atoms with Gasteiger partial charge in [0.05, 0.1) is 17.7 Å². The highest BCUT2D eigenvalue weighted by Crippen LogP contribution is 2.60. The van der Waals surface area contributed by atoms with Gasteiger partial charge in [0.25, 0.3) is 0 Å². The highest BCUT2D eigenvalue weighted by Gasteiger charge is 2.57. The lowest BCUT2D eigenvalue weighted by atomic mass is 9.53. The van der Waals surface area contributed by atoms with Crippen LogP contribution in [0.15, 0.2) is 23.4 Å². The fraction of sp³-hybridized carbons (Fsp3) is 0.816. The van der Waals surface area contributed by atoms with Crippen molar-refractivity contribution in [2.75, 3.05) is 46.8 Å². The monoisotopic (exact) mass is 672 g/mol. The Labute approximate surface area is 290 Å². The van der Waals surface area contributed by atoms with Crippen molar-refractivity contribution in [1.29, 1.82) is 5.41 Å². The van der Waals surface area contributed by atoms with E-state index in [4.69, 9.17) is 11.1 Å². The van der Waals surface area contributed by atoms with Crippen LogP contribution in [0, 0.1) is 28.1 Å². The molecule has 0 aromatic heterocycles. The van der Waals surface area contributed by atoms with Crippen molar-refractivity contribution >= 4 is 17.6 Å². The maximum Gasteiger partial charge on any atom is 0.237 e. The predicted molar refractivity (Wildman–Crippen MR) is 193 cm³/mol. The number of unbranched alkanes of at least 4 members (excludes halogenated alkanes) is 4. The van der Waals surface area contributed by atoms with Crippen LogP contribution in [0.5, 0.6) is 0 Å². The van der Waals surface area contributed by atoms with Gasteiger partial charge in [0, 0.05) is 65.0 Å². The minimum atomic E-state index is -0.940. The maximum absolute atomic E-state index is 15.1. The lowest BCUT2D eigenvalue weighted by Gasteiger charge is -2.54. The lowest BCUT2D eigenvalue weighted by Crippen LogP contribution is -2.61. The van der Waals surface area contributed by atoms with Crippen LogP contribution in [0.3, 0.4) is 0 Å². The van der Waals surface area contributed by atoms with Gasteiger partial charge in [-0.25, -0.2) is 4.39 Å². The number of likely N-dealkylation sites (tertiary alicyclic amines) is 1. The third kappa shape index (κ3) is 8.75. The van der Waals surface area contributed by atoms with Gasteiger partial charge >= 0.3 is 0 Å². The van der Waals surface area contributed by atoms with Gasteiger partial charge in [-0.05, 0) is 62.3 Å². The van der Waals surface area contributed by atoms with Crippen LogP contribution < -0.4 is 16.4 Å². The Morgan fingerprint density at radius 3 is 2.48 bits per heavy atom. The molecule has 4 atom stereocenters. The molecule has 3 aliphatic heterocycles. The number of piperidine rings is 1. The molecular weight excluding hydrogens is 605 g/mol. The van der Waals surface area contributed by atoms with Crippen molar-refractivity contribution in [1.82, 2.24) is 25.3 Å². The van der Waals surface area contributed by atoms with Crippen LogP contribution in [0.1, 0.15) is 124 Å². The summed E-state index contributed by atoms with van der Waals surface area (Å²) in [6.07, 6.45) is 16.9. The van der Waals surface area contributed by atoms with Gasteiger partial charge in [0.1, 0.15) is 17.6 Å². The molecule has 4 aliphatic rings. The van der Waals surface area contributed by atoms with E-state index in [0.29, 0.717) is 19.5 Å². The predicted octanol–water partition coefficient (Wildman–Crippen LogP) is 6.27. The average molecular weight is 672 g/mol. The first kappa shape index (κ1) is 38.2. The molecule has 1 saturated heterocycles. The third-order valence-corrected chi connectivity index (χ3v) is 12.3. The summed E-state index contributed by atoms with van der Waals surface area (Å²) in [6, 6.07) is -0.486. The van der Waals surface area contributed by atoms with Crippen molar-refractivity contribution in [2.24, 2.45) is 28.4 Å². The van der Waals surface area contributed by atoms with E-state index in [1.807, 2.05) is 14.1 Å². The van der Waals surface area contributed by atoms with Gasteiger partial charge in [0.2, 0.25) is 11.8 Å². The first-order valence-corrected chi connectivity index (χ1v) is 19.1. The number of allylic oxidation sites excluding steroid dienone is 1. The molecule has 0 aromatic carbocycles. The SMILES string of the molecule is CCCCCCN1CCC(N2CCCC(C(=O)N(C)C)C2)=C(NC(=O)C(C(=N)N)C2N/C=C(/F)CCC(C)(CCCC)C23CCCC3)C1. The topological polar surface area (TPSA) is 118 Å². The molecule has 0 aromatic rings. The Bertz CT molecular complexity index is 1180. The molecule has 48 heavy (non-hydrogen) atoms. The van der Waals surface area contributed by atoms with E-state index in [1.54, 1.807) is 4.90 Å². The largest absolute Gasteiger partial charge is 0.387 e. The number of rotatable bonds is 14. The van der Waals surface area contributed by atoms with Gasteiger partial charge in [-0.2, -0.15) is 0 Å². The number of nitrogens with two attached hydrogens (primary N) is 1. The van der Waals surface area contributed by atoms with Crippen molar-refractivity contribution in [3.05, 3.63) is 23.4 Å². The molecule has 1 spiro atoms. The summed E-state index contributed by atoms with van der Waals surface area (Å²) in [5.41, 5.74) is 7.90. The molecule has 2 fully saturated rings. The second-order valence-corrected chi connectivity index (χ2v) is 15.7. The van der Waals surface area contributed by atoms with E-state index in [1.165, 1.54) is 25.5 Å². The third-order valence-electron chi connectivity index (χ3n) is 12.3. The van der Waals surface area contributed by atoms with E-state index in [-0.39, 0.29) is 40.2 Å². The molecule has 5 N–H and O–H groups in total. The normalized spacial score (nSPS) is 28.2. The maximum atomic E-state index is 15.1. The van der Waals surface area contributed by atoms with Crippen molar-refractivity contribution < 1.29 is 14.0 Å². The van der Waals surface area contributed by atoms with E-state index >= 15 is 4.39 Å². The van der Waals surface area contributed by atoms with Gasteiger partial charge < -0.3 is 26.2 Å². The molecule has 272 valence electrons. The second kappa shape index (κ2) is 17.3. The van der Waals surface area contributed by atoms with Crippen LogP contribution >= 0.6 is 0 Å². The fourth-order valence-corrected chi connectivity index (χ4v) is 9.42. The molecule has 4 unspecified atom stereocenters. The van der Waals surface area contributed by atoms with Gasteiger partial charge in [-0.1, -0.05) is 65.7 Å². The van der Waals surface area contributed by atoms with Crippen LogP contribution in [-0.2, 0) is 9.59 Å². The number of hydrogen-bond donors (Lipinski definition) is 4. The Morgan fingerprint density at radius 2 is 1.81 bits per heavy atom. The Morgan fingerprint density at radius 1 is 1.08 bits per heavy atom. The fourth-order valence-electron chi connectivity index (χ4n) is 9.42. The average Bonchev–Trinajstić information content (AvgIpc) is 3.57. The molecule has 0 radical (unpaired) electrons. The number of hydrogen-bond acceptors (Lipinski definition) is 6. The van der Waals surface area contributed by atoms with E-state index in [2.05, 4.69) is 41.2 Å². The molecule has 10 heteroatoms. The van der Waals surface area contributed by atoms with E-state index in [0.717, 1.165) is 108 Å². The number of amidine groups is 1. The number of nitrogens with zero attached hydrogens (tertiary/aromatic N) is 3. The summed E-state index contributed by atoms with van der Waals surface area (Å²) in [5, 5.41) is 15.6. The van der Waals surface area contributed by atoms with Gasteiger partial charge in [-0.15, -0.1) is 0 Å². The summed E-state index contributed by atoms with van der Waals surface area (Å²) in [6.45, 7) is 10.7. The number of nitrogens with one attached hydrogen (secondary N) is 3. The molecule has 0 bridgehead atoms. The molecule has 1 saturated carbocycles. The Kier molecular flexibility index (Phi) is 13.8.